The lowest BCUT2D eigenvalue weighted by Gasteiger charge is -2.08. The maximum atomic E-state index is 12.3. The molecule has 0 saturated heterocycles. The lowest BCUT2D eigenvalue weighted by Crippen LogP contribution is -2.14. The van der Waals surface area contributed by atoms with Gasteiger partial charge in [-0.1, -0.05) is 0 Å². The van der Waals surface area contributed by atoms with Gasteiger partial charge in [-0.2, -0.15) is 5.10 Å². The fraction of sp³-hybridized carbons (Fsp3) is 0.231. The zero-order valence-corrected chi connectivity index (χ0v) is 14.5. The largest absolute Gasteiger partial charge is 0.321 e. The number of rotatable bonds is 2. The monoisotopic (exact) mass is 433 g/mol. The van der Waals surface area contributed by atoms with E-state index in [0.717, 1.165) is 25.1 Å². The highest BCUT2D eigenvalue weighted by Crippen LogP contribution is 2.25. The number of anilines is 1. The van der Waals surface area contributed by atoms with E-state index >= 15 is 0 Å². The summed E-state index contributed by atoms with van der Waals surface area (Å²) in [6.07, 6.45) is 0. The van der Waals surface area contributed by atoms with Gasteiger partial charge in [0.05, 0.1) is 16.9 Å². The van der Waals surface area contributed by atoms with Gasteiger partial charge in [0, 0.05) is 20.8 Å². The van der Waals surface area contributed by atoms with E-state index in [1.165, 1.54) is 0 Å². The number of carbonyl (C=O) groups excluding carboxylic acids is 1. The van der Waals surface area contributed by atoms with Crippen LogP contribution in [0, 0.1) is 17.4 Å². The number of nitrogens with one attached hydrogen (secondary N) is 1. The minimum Gasteiger partial charge on any atom is -0.321 e. The van der Waals surface area contributed by atoms with Crippen molar-refractivity contribution in [1.82, 2.24) is 9.78 Å². The molecule has 0 atom stereocenters. The van der Waals surface area contributed by atoms with Crippen LogP contribution in [0.25, 0.3) is 0 Å². The van der Waals surface area contributed by atoms with Gasteiger partial charge in [-0.3, -0.25) is 9.48 Å². The molecule has 1 aromatic carbocycles. The van der Waals surface area contributed by atoms with Gasteiger partial charge in [0.25, 0.3) is 5.91 Å². The third-order valence-corrected chi connectivity index (χ3v) is 4.24. The number of amides is 1. The zero-order chi connectivity index (χ0) is 14.2. The summed E-state index contributed by atoms with van der Waals surface area (Å²) in [6, 6.07) is 5.79. The molecule has 0 fully saturated rings. The summed E-state index contributed by atoms with van der Waals surface area (Å²) in [5, 5.41) is 7.16. The van der Waals surface area contributed by atoms with E-state index in [2.05, 4.69) is 48.9 Å². The molecule has 0 aliphatic rings. The molecular weight excluding hydrogens is 421 g/mol. The standard InChI is InChI=1S/C13H13BrIN3O/c1-7-12(8(2)18(3)17-7)13(19)16-11-5-4-9(15)6-10(11)14/h4-6H,1-3H3,(H,16,19). The summed E-state index contributed by atoms with van der Waals surface area (Å²) < 4.78 is 3.69. The van der Waals surface area contributed by atoms with Crippen molar-refractivity contribution in [3.8, 4) is 0 Å². The SMILES string of the molecule is Cc1nn(C)c(C)c1C(=O)Nc1ccc(I)cc1Br. The molecule has 4 nitrogen and oxygen atoms in total. The van der Waals surface area contributed by atoms with Crippen molar-refractivity contribution in [2.45, 2.75) is 13.8 Å². The average Bonchev–Trinajstić information content (AvgIpc) is 2.57. The zero-order valence-electron chi connectivity index (χ0n) is 10.8. The van der Waals surface area contributed by atoms with Crippen molar-refractivity contribution in [2.75, 3.05) is 5.32 Å². The van der Waals surface area contributed by atoms with Crippen molar-refractivity contribution in [3.05, 3.63) is 43.2 Å². The Kier molecular flexibility index (Phi) is 4.29. The van der Waals surface area contributed by atoms with E-state index in [4.69, 9.17) is 0 Å². The van der Waals surface area contributed by atoms with E-state index in [9.17, 15) is 4.79 Å². The Bertz CT molecular complexity index is 652. The Balaban J connectivity index is 2.31. The first kappa shape index (κ1) is 14.5. The fourth-order valence-electron chi connectivity index (χ4n) is 1.88. The van der Waals surface area contributed by atoms with Gasteiger partial charge < -0.3 is 5.32 Å². The van der Waals surface area contributed by atoms with Crippen LogP contribution in [0.3, 0.4) is 0 Å². The second-order valence-corrected chi connectivity index (χ2v) is 6.35. The Labute approximate surface area is 133 Å². The average molecular weight is 434 g/mol. The minimum atomic E-state index is -0.134. The maximum Gasteiger partial charge on any atom is 0.259 e. The van der Waals surface area contributed by atoms with Crippen LogP contribution < -0.4 is 5.32 Å². The van der Waals surface area contributed by atoms with Crippen LogP contribution >= 0.6 is 38.5 Å². The lowest BCUT2D eigenvalue weighted by molar-refractivity contribution is 0.102. The van der Waals surface area contributed by atoms with Gasteiger partial charge in [0.15, 0.2) is 0 Å². The van der Waals surface area contributed by atoms with E-state index < -0.39 is 0 Å². The van der Waals surface area contributed by atoms with E-state index in [1.54, 1.807) is 4.68 Å². The first-order valence-electron chi connectivity index (χ1n) is 5.66. The summed E-state index contributed by atoms with van der Waals surface area (Å²) >= 11 is 5.68. The van der Waals surface area contributed by atoms with Crippen LogP contribution in [0.5, 0.6) is 0 Å². The smallest absolute Gasteiger partial charge is 0.259 e. The highest BCUT2D eigenvalue weighted by molar-refractivity contribution is 14.1. The molecule has 0 aliphatic heterocycles. The van der Waals surface area contributed by atoms with Crippen molar-refractivity contribution in [2.24, 2.45) is 7.05 Å². The predicted molar refractivity (Wildman–Crippen MR) is 87.5 cm³/mol. The molecule has 19 heavy (non-hydrogen) atoms. The Morgan fingerprint density at radius 3 is 2.63 bits per heavy atom. The molecule has 1 N–H and O–H groups in total. The molecule has 6 heteroatoms. The fourth-order valence-corrected chi connectivity index (χ4v) is 3.27. The van der Waals surface area contributed by atoms with Crippen LogP contribution in [0.1, 0.15) is 21.7 Å². The number of nitrogens with zero attached hydrogens (tertiary/aromatic N) is 2. The summed E-state index contributed by atoms with van der Waals surface area (Å²) in [7, 11) is 1.83. The predicted octanol–water partition coefficient (Wildman–Crippen LogP) is 3.66. The van der Waals surface area contributed by atoms with Gasteiger partial charge in [0.2, 0.25) is 0 Å². The van der Waals surface area contributed by atoms with Crippen LogP contribution in [0.4, 0.5) is 5.69 Å². The van der Waals surface area contributed by atoms with Crippen molar-refractivity contribution in [1.29, 1.82) is 0 Å². The molecule has 2 rings (SSSR count). The molecule has 0 spiro atoms. The van der Waals surface area contributed by atoms with E-state index in [-0.39, 0.29) is 5.91 Å². The third-order valence-electron chi connectivity index (χ3n) is 2.92. The highest BCUT2D eigenvalue weighted by Gasteiger charge is 2.18. The van der Waals surface area contributed by atoms with E-state index in [0.29, 0.717) is 5.56 Å². The Hall–Kier alpha value is -0.890. The van der Waals surface area contributed by atoms with Crippen LogP contribution in [-0.2, 0) is 7.05 Å². The Morgan fingerprint density at radius 1 is 1.42 bits per heavy atom. The van der Waals surface area contributed by atoms with Crippen LogP contribution in [0.15, 0.2) is 22.7 Å². The van der Waals surface area contributed by atoms with E-state index in [1.807, 2.05) is 39.1 Å². The summed E-state index contributed by atoms with van der Waals surface area (Å²) in [4.78, 5) is 12.3. The molecular formula is C13H13BrIN3O. The maximum absolute atomic E-state index is 12.3. The molecule has 0 unspecified atom stereocenters. The first-order chi connectivity index (χ1) is 8.90. The molecule has 100 valence electrons. The second-order valence-electron chi connectivity index (χ2n) is 4.25. The van der Waals surface area contributed by atoms with Crippen molar-refractivity contribution < 1.29 is 4.79 Å². The van der Waals surface area contributed by atoms with Crippen molar-refractivity contribution >= 4 is 50.1 Å². The van der Waals surface area contributed by atoms with Gasteiger partial charge in [-0.25, -0.2) is 0 Å². The van der Waals surface area contributed by atoms with Gasteiger partial charge in [-0.15, -0.1) is 0 Å². The topological polar surface area (TPSA) is 46.9 Å². The third kappa shape index (κ3) is 3.00. The number of carbonyl (C=O) groups is 1. The van der Waals surface area contributed by atoms with Gasteiger partial charge >= 0.3 is 0 Å². The number of halogens is 2. The number of aromatic nitrogens is 2. The van der Waals surface area contributed by atoms with Crippen molar-refractivity contribution in [3.63, 3.8) is 0 Å². The molecule has 0 radical (unpaired) electrons. The number of aryl methyl sites for hydroxylation is 2. The molecule has 0 aliphatic carbocycles. The molecule has 0 bridgehead atoms. The first-order valence-corrected chi connectivity index (χ1v) is 7.54. The second kappa shape index (κ2) is 5.62. The molecule has 0 saturated carbocycles. The van der Waals surface area contributed by atoms with Crippen LogP contribution in [-0.4, -0.2) is 15.7 Å². The summed E-state index contributed by atoms with van der Waals surface area (Å²) in [6.45, 7) is 3.72. The summed E-state index contributed by atoms with van der Waals surface area (Å²) in [5.74, 6) is -0.134. The quantitative estimate of drug-likeness (QED) is 0.734. The number of benzene rings is 1. The normalized spacial score (nSPS) is 10.6. The minimum absolute atomic E-state index is 0.134. The number of hydrogen-bond acceptors (Lipinski definition) is 2. The molecule has 1 amide bonds. The highest BCUT2D eigenvalue weighted by atomic mass is 127. The molecule has 1 aromatic heterocycles. The Morgan fingerprint density at radius 2 is 2.11 bits per heavy atom. The molecule has 1 heterocycles. The summed E-state index contributed by atoms with van der Waals surface area (Å²) in [5.41, 5.74) is 2.98. The van der Waals surface area contributed by atoms with Gasteiger partial charge in [-0.05, 0) is 70.6 Å². The van der Waals surface area contributed by atoms with Crippen LogP contribution in [0.2, 0.25) is 0 Å². The van der Waals surface area contributed by atoms with Gasteiger partial charge in [0.1, 0.15) is 0 Å². The number of hydrogen-bond donors (Lipinski definition) is 1. The lowest BCUT2D eigenvalue weighted by atomic mass is 10.2. The molecule has 2 aromatic rings.